The van der Waals surface area contributed by atoms with Gasteiger partial charge in [-0.05, 0) is 30.5 Å². The normalized spacial score (nSPS) is 11.8. The third-order valence-electron chi connectivity index (χ3n) is 2.34. The Bertz CT molecular complexity index is 323. The maximum Gasteiger partial charge on any atom is 0.118 e. The van der Waals surface area contributed by atoms with Crippen LogP contribution in [-0.4, -0.2) is 13.2 Å². The zero-order chi connectivity index (χ0) is 11.1. The lowest BCUT2D eigenvalue weighted by molar-refractivity contribution is 0.414. The van der Waals surface area contributed by atoms with Crippen LogP contribution in [-0.2, 0) is 6.42 Å². The molecule has 2 N–H and O–H groups in total. The average Bonchev–Trinajstić information content (AvgIpc) is 2.27. The van der Waals surface area contributed by atoms with Gasteiger partial charge in [0, 0.05) is 12.5 Å². The molecule has 0 aliphatic rings. The Labute approximate surface area is 91.4 Å². The van der Waals surface area contributed by atoms with E-state index in [1.807, 2.05) is 12.1 Å². The first-order valence-corrected chi connectivity index (χ1v) is 5.08. The standard InChI is InChI=1S/C13H17NO/c1-3-4-12(14)8-5-11-6-9-13(15-2)10-7-11/h1,6-7,9-10,12H,4-5,8,14H2,2H3. The molecule has 1 aromatic carbocycles. The average molecular weight is 203 g/mol. The second-order valence-corrected chi connectivity index (χ2v) is 3.56. The summed E-state index contributed by atoms with van der Waals surface area (Å²) in [6.45, 7) is 0. The fourth-order valence-electron chi connectivity index (χ4n) is 1.40. The molecule has 1 rings (SSSR count). The van der Waals surface area contributed by atoms with Gasteiger partial charge >= 0.3 is 0 Å². The van der Waals surface area contributed by atoms with Crippen LogP contribution in [0.5, 0.6) is 5.75 Å². The fraction of sp³-hybridized carbons (Fsp3) is 0.385. The van der Waals surface area contributed by atoms with Gasteiger partial charge in [0.15, 0.2) is 0 Å². The summed E-state index contributed by atoms with van der Waals surface area (Å²) in [6, 6.07) is 8.14. The predicted octanol–water partition coefficient (Wildman–Crippen LogP) is 1.98. The van der Waals surface area contributed by atoms with E-state index in [-0.39, 0.29) is 6.04 Å². The van der Waals surface area contributed by atoms with Crippen LogP contribution < -0.4 is 10.5 Å². The molecule has 80 valence electrons. The lowest BCUT2D eigenvalue weighted by atomic mass is 10.0. The highest BCUT2D eigenvalue weighted by Gasteiger charge is 2.01. The molecule has 2 heteroatoms. The number of rotatable bonds is 5. The van der Waals surface area contributed by atoms with Crippen LogP contribution in [0.15, 0.2) is 24.3 Å². The third-order valence-corrected chi connectivity index (χ3v) is 2.34. The molecular formula is C13H17NO. The SMILES string of the molecule is C#CCC(N)CCc1ccc(OC)cc1. The van der Waals surface area contributed by atoms with Gasteiger partial charge in [-0.2, -0.15) is 0 Å². The van der Waals surface area contributed by atoms with Crippen LogP contribution in [0.2, 0.25) is 0 Å². The van der Waals surface area contributed by atoms with Crippen molar-refractivity contribution in [3.8, 4) is 18.1 Å². The maximum absolute atomic E-state index is 5.82. The minimum Gasteiger partial charge on any atom is -0.497 e. The van der Waals surface area contributed by atoms with Crippen LogP contribution in [0.3, 0.4) is 0 Å². The number of terminal acetylenes is 1. The summed E-state index contributed by atoms with van der Waals surface area (Å²) in [5.74, 6) is 3.46. The van der Waals surface area contributed by atoms with Crippen LogP contribution in [0.4, 0.5) is 0 Å². The molecule has 1 atom stereocenters. The molecule has 0 aliphatic carbocycles. The van der Waals surface area contributed by atoms with Gasteiger partial charge in [0.05, 0.1) is 7.11 Å². The van der Waals surface area contributed by atoms with E-state index in [1.165, 1.54) is 5.56 Å². The molecule has 0 fully saturated rings. The van der Waals surface area contributed by atoms with E-state index in [9.17, 15) is 0 Å². The van der Waals surface area contributed by atoms with Crippen molar-refractivity contribution in [1.29, 1.82) is 0 Å². The minimum atomic E-state index is 0.108. The molecule has 0 aromatic heterocycles. The van der Waals surface area contributed by atoms with Crippen molar-refractivity contribution in [1.82, 2.24) is 0 Å². The lowest BCUT2D eigenvalue weighted by Crippen LogP contribution is -2.19. The van der Waals surface area contributed by atoms with Gasteiger partial charge in [0.2, 0.25) is 0 Å². The number of nitrogens with two attached hydrogens (primary N) is 1. The predicted molar refractivity (Wildman–Crippen MR) is 62.7 cm³/mol. The Morgan fingerprint density at radius 2 is 2.07 bits per heavy atom. The van der Waals surface area contributed by atoms with Gasteiger partial charge in [-0.3, -0.25) is 0 Å². The van der Waals surface area contributed by atoms with E-state index in [0.29, 0.717) is 6.42 Å². The van der Waals surface area contributed by atoms with E-state index in [2.05, 4.69) is 18.1 Å². The largest absolute Gasteiger partial charge is 0.497 e. The van der Waals surface area contributed by atoms with Gasteiger partial charge < -0.3 is 10.5 Å². The van der Waals surface area contributed by atoms with E-state index in [4.69, 9.17) is 16.9 Å². The monoisotopic (exact) mass is 203 g/mol. The van der Waals surface area contributed by atoms with Crippen molar-refractivity contribution in [2.24, 2.45) is 5.73 Å². The highest BCUT2D eigenvalue weighted by Crippen LogP contribution is 2.13. The first kappa shape index (κ1) is 11.6. The Balaban J connectivity index is 2.41. The molecule has 0 spiro atoms. The third kappa shape index (κ3) is 4.05. The smallest absolute Gasteiger partial charge is 0.118 e. The minimum absolute atomic E-state index is 0.108. The summed E-state index contributed by atoms with van der Waals surface area (Å²) in [4.78, 5) is 0. The van der Waals surface area contributed by atoms with Crippen LogP contribution in [0, 0.1) is 12.3 Å². The zero-order valence-electron chi connectivity index (χ0n) is 9.07. The Morgan fingerprint density at radius 3 is 2.60 bits per heavy atom. The number of ether oxygens (including phenoxy) is 1. The summed E-state index contributed by atoms with van der Waals surface area (Å²) >= 11 is 0. The van der Waals surface area contributed by atoms with Crippen LogP contribution in [0.1, 0.15) is 18.4 Å². The summed E-state index contributed by atoms with van der Waals surface area (Å²) in [5.41, 5.74) is 7.09. The maximum atomic E-state index is 5.82. The molecule has 1 aromatic rings. The molecule has 0 saturated heterocycles. The van der Waals surface area contributed by atoms with Crippen molar-refractivity contribution in [3.05, 3.63) is 29.8 Å². The van der Waals surface area contributed by atoms with Gasteiger partial charge in [-0.1, -0.05) is 12.1 Å². The molecule has 0 bridgehead atoms. The lowest BCUT2D eigenvalue weighted by Gasteiger charge is -2.08. The summed E-state index contributed by atoms with van der Waals surface area (Å²) in [6.07, 6.45) is 7.73. The number of hydrogen-bond acceptors (Lipinski definition) is 2. The highest BCUT2D eigenvalue weighted by molar-refractivity contribution is 5.27. The molecule has 0 heterocycles. The number of methoxy groups -OCH3 is 1. The van der Waals surface area contributed by atoms with Gasteiger partial charge in [-0.25, -0.2) is 0 Å². The molecule has 0 radical (unpaired) electrons. The van der Waals surface area contributed by atoms with Crippen LogP contribution >= 0.6 is 0 Å². The Morgan fingerprint density at radius 1 is 1.40 bits per heavy atom. The zero-order valence-corrected chi connectivity index (χ0v) is 9.07. The topological polar surface area (TPSA) is 35.2 Å². The van der Waals surface area contributed by atoms with Crippen molar-refractivity contribution in [2.45, 2.75) is 25.3 Å². The van der Waals surface area contributed by atoms with E-state index >= 15 is 0 Å². The van der Waals surface area contributed by atoms with Crippen molar-refractivity contribution in [3.63, 3.8) is 0 Å². The van der Waals surface area contributed by atoms with Crippen molar-refractivity contribution in [2.75, 3.05) is 7.11 Å². The number of hydrogen-bond donors (Lipinski definition) is 1. The second-order valence-electron chi connectivity index (χ2n) is 3.56. The Hall–Kier alpha value is -1.46. The van der Waals surface area contributed by atoms with Crippen molar-refractivity contribution < 1.29 is 4.74 Å². The quantitative estimate of drug-likeness (QED) is 0.743. The molecule has 2 nitrogen and oxygen atoms in total. The number of benzene rings is 1. The fourth-order valence-corrected chi connectivity index (χ4v) is 1.40. The molecule has 0 saturated carbocycles. The molecular weight excluding hydrogens is 186 g/mol. The Kier molecular flexibility index (Phi) is 4.73. The summed E-state index contributed by atoms with van der Waals surface area (Å²) in [5, 5.41) is 0. The molecule has 1 unspecified atom stereocenters. The summed E-state index contributed by atoms with van der Waals surface area (Å²) < 4.78 is 5.08. The molecule has 15 heavy (non-hydrogen) atoms. The van der Waals surface area contributed by atoms with Crippen molar-refractivity contribution >= 4 is 0 Å². The van der Waals surface area contributed by atoms with E-state index in [1.54, 1.807) is 7.11 Å². The van der Waals surface area contributed by atoms with Gasteiger partial charge in [0.25, 0.3) is 0 Å². The molecule has 0 amide bonds. The van der Waals surface area contributed by atoms with Crippen LogP contribution in [0.25, 0.3) is 0 Å². The first-order valence-electron chi connectivity index (χ1n) is 5.08. The highest BCUT2D eigenvalue weighted by atomic mass is 16.5. The molecule has 0 aliphatic heterocycles. The van der Waals surface area contributed by atoms with E-state index in [0.717, 1.165) is 18.6 Å². The second kappa shape index (κ2) is 6.10. The van der Waals surface area contributed by atoms with Gasteiger partial charge in [0.1, 0.15) is 5.75 Å². The van der Waals surface area contributed by atoms with Gasteiger partial charge in [-0.15, -0.1) is 12.3 Å². The first-order chi connectivity index (χ1) is 7.26. The summed E-state index contributed by atoms with van der Waals surface area (Å²) in [7, 11) is 1.66. The number of aryl methyl sites for hydroxylation is 1. The van der Waals surface area contributed by atoms with E-state index < -0.39 is 0 Å².